The second-order valence-electron chi connectivity index (χ2n) is 5.42. The molecule has 0 aliphatic carbocycles. The van der Waals surface area contributed by atoms with E-state index in [0.717, 1.165) is 11.4 Å². The number of fused-ring (bicyclic) bond motifs is 1. The van der Waals surface area contributed by atoms with Crippen molar-refractivity contribution >= 4 is 32.4 Å². The number of nitrogens with one attached hydrogen (secondary N) is 1. The number of aromatic nitrogens is 3. The molecule has 4 rings (SSSR count). The number of hydrogen-bond donors (Lipinski definition) is 1. The summed E-state index contributed by atoms with van der Waals surface area (Å²) in [5.74, 6) is 0. The highest BCUT2D eigenvalue weighted by molar-refractivity contribution is 7.22. The van der Waals surface area contributed by atoms with Crippen LogP contribution < -0.4 is 10.9 Å². The van der Waals surface area contributed by atoms with E-state index >= 15 is 0 Å². The Bertz CT molecular complexity index is 1050. The molecule has 0 fully saturated rings. The number of anilines is 2. The number of rotatable bonds is 3. The maximum Gasteiger partial charge on any atom is 0.291 e. The van der Waals surface area contributed by atoms with Crippen LogP contribution in [0.2, 0.25) is 0 Å². The molecular formula is C18H14N4OS. The Hall–Kier alpha value is -2.99. The summed E-state index contributed by atoms with van der Waals surface area (Å²) in [4.78, 5) is 17.1. The molecule has 0 aliphatic heterocycles. The van der Waals surface area contributed by atoms with Crippen LogP contribution in [-0.2, 0) is 0 Å². The molecule has 2 aromatic carbocycles. The quantitative estimate of drug-likeness (QED) is 0.617. The normalized spacial score (nSPS) is 10.9. The average molecular weight is 334 g/mol. The van der Waals surface area contributed by atoms with Gasteiger partial charge in [0.1, 0.15) is 10.2 Å². The molecule has 1 N–H and O–H groups in total. The van der Waals surface area contributed by atoms with Crippen molar-refractivity contribution in [3.8, 4) is 5.69 Å². The fourth-order valence-corrected chi connectivity index (χ4v) is 3.28. The van der Waals surface area contributed by atoms with Gasteiger partial charge in [-0.05, 0) is 31.2 Å². The van der Waals surface area contributed by atoms with Crippen LogP contribution in [0.15, 0.2) is 65.6 Å². The van der Waals surface area contributed by atoms with Crippen molar-refractivity contribution in [1.82, 2.24) is 14.8 Å². The van der Waals surface area contributed by atoms with Crippen molar-refractivity contribution in [2.75, 3.05) is 5.32 Å². The molecule has 0 saturated heterocycles. The summed E-state index contributed by atoms with van der Waals surface area (Å²) in [6.45, 7) is 2.04. The molecule has 0 spiro atoms. The first-order valence-electron chi connectivity index (χ1n) is 7.49. The van der Waals surface area contributed by atoms with Crippen LogP contribution in [-0.4, -0.2) is 14.8 Å². The van der Waals surface area contributed by atoms with E-state index in [1.165, 1.54) is 21.6 Å². The largest absolute Gasteiger partial charge is 0.332 e. The Morgan fingerprint density at radius 1 is 1.04 bits per heavy atom. The Morgan fingerprint density at radius 3 is 2.54 bits per heavy atom. The fourth-order valence-electron chi connectivity index (χ4n) is 2.40. The van der Waals surface area contributed by atoms with Crippen LogP contribution >= 0.6 is 11.3 Å². The lowest BCUT2D eigenvalue weighted by Gasteiger charge is -2.02. The zero-order chi connectivity index (χ0) is 16.5. The Morgan fingerprint density at radius 2 is 1.79 bits per heavy atom. The highest BCUT2D eigenvalue weighted by Crippen LogP contribution is 2.26. The van der Waals surface area contributed by atoms with E-state index in [2.05, 4.69) is 15.4 Å². The van der Waals surface area contributed by atoms with Crippen LogP contribution in [0.3, 0.4) is 0 Å². The van der Waals surface area contributed by atoms with Gasteiger partial charge in [0.2, 0.25) is 0 Å². The second kappa shape index (κ2) is 5.90. The SMILES string of the molecule is Cc1ccc(Nc2nc3cnn(-c4ccccc4)c(=O)c3s2)cc1. The van der Waals surface area contributed by atoms with Gasteiger partial charge in [0.15, 0.2) is 5.13 Å². The Balaban J connectivity index is 1.74. The van der Waals surface area contributed by atoms with Crippen molar-refractivity contribution in [3.63, 3.8) is 0 Å². The maximum atomic E-state index is 12.7. The van der Waals surface area contributed by atoms with Crippen LogP contribution in [0, 0.1) is 6.92 Å². The Kier molecular flexibility index (Phi) is 3.59. The second-order valence-corrected chi connectivity index (χ2v) is 6.42. The molecule has 0 aliphatic rings. The summed E-state index contributed by atoms with van der Waals surface area (Å²) in [5.41, 5.74) is 3.32. The molecule has 0 atom stereocenters. The number of benzene rings is 2. The first-order chi connectivity index (χ1) is 11.7. The smallest absolute Gasteiger partial charge is 0.291 e. The molecule has 2 heterocycles. The van der Waals surface area contributed by atoms with Gasteiger partial charge in [0, 0.05) is 5.69 Å². The van der Waals surface area contributed by atoms with Gasteiger partial charge in [-0.25, -0.2) is 4.98 Å². The number of thiazole rings is 1. The third-order valence-corrected chi connectivity index (χ3v) is 4.61. The highest BCUT2D eigenvalue weighted by atomic mass is 32.1. The molecule has 0 saturated carbocycles. The maximum absolute atomic E-state index is 12.7. The molecule has 6 heteroatoms. The van der Waals surface area contributed by atoms with E-state index in [4.69, 9.17) is 0 Å². The van der Waals surface area contributed by atoms with Crippen molar-refractivity contribution < 1.29 is 0 Å². The lowest BCUT2D eigenvalue weighted by molar-refractivity contribution is 0.821. The lowest BCUT2D eigenvalue weighted by atomic mass is 10.2. The standard InChI is InChI=1S/C18H14N4OS/c1-12-7-9-13(10-8-12)20-18-21-15-11-19-22(17(23)16(15)24-18)14-5-3-2-4-6-14/h2-11H,1H3,(H,20,21). The van der Waals surface area contributed by atoms with E-state index in [1.54, 1.807) is 6.20 Å². The Labute approximate surface area is 142 Å². The van der Waals surface area contributed by atoms with Crippen LogP contribution in [0.5, 0.6) is 0 Å². The van der Waals surface area contributed by atoms with Crippen molar-refractivity contribution in [2.24, 2.45) is 0 Å². The minimum atomic E-state index is -0.159. The molecule has 4 aromatic rings. The number of aryl methyl sites for hydroxylation is 1. The summed E-state index contributed by atoms with van der Waals surface area (Å²) >= 11 is 1.34. The molecule has 118 valence electrons. The van der Waals surface area contributed by atoms with Crippen molar-refractivity contribution in [2.45, 2.75) is 6.92 Å². The van der Waals surface area contributed by atoms with Crippen LogP contribution in [0.4, 0.5) is 10.8 Å². The molecule has 2 aromatic heterocycles. The molecule has 24 heavy (non-hydrogen) atoms. The third kappa shape index (κ3) is 2.68. The summed E-state index contributed by atoms with van der Waals surface area (Å²) in [7, 11) is 0. The first kappa shape index (κ1) is 14.6. The fraction of sp³-hybridized carbons (Fsp3) is 0.0556. The lowest BCUT2D eigenvalue weighted by Crippen LogP contribution is -2.19. The van der Waals surface area contributed by atoms with Gasteiger partial charge in [0.05, 0.1) is 11.9 Å². The zero-order valence-electron chi connectivity index (χ0n) is 12.9. The van der Waals surface area contributed by atoms with Gasteiger partial charge < -0.3 is 5.32 Å². The van der Waals surface area contributed by atoms with E-state index in [0.29, 0.717) is 15.3 Å². The topological polar surface area (TPSA) is 59.8 Å². The molecule has 0 unspecified atom stereocenters. The minimum absolute atomic E-state index is 0.159. The van der Waals surface area contributed by atoms with E-state index in [9.17, 15) is 4.79 Å². The van der Waals surface area contributed by atoms with E-state index in [1.807, 2.05) is 61.5 Å². The molecular weight excluding hydrogens is 320 g/mol. The monoisotopic (exact) mass is 334 g/mol. The molecule has 0 radical (unpaired) electrons. The van der Waals surface area contributed by atoms with Crippen LogP contribution in [0.1, 0.15) is 5.56 Å². The molecule has 0 amide bonds. The van der Waals surface area contributed by atoms with Gasteiger partial charge in [-0.3, -0.25) is 4.79 Å². The summed E-state index contributed by atoms with van der Waals surface area (Å²) in [6, 6.07) is 17.4. The van der Waals surface area contributed by atoms with Gasteiger partial charge >= 0.3 is 0 Å². The minimum Gasteiger partial charge on any atom is -0.332 e. The highest BCUT2D eigenvalue weighted by Gasteiger charge is 2.11. The predicted molar refractivity (Wildman–Crippen MR) is 97.5 cm³/mol. The van der Waals surface area contributed by atoms with Gasteiger partial charge in [-0.1, -0.05) is 47.2 Å². The van der Waals surface area contributed by atoms with E-state index < -0.39 is 0 Å². The predicted octanol–water partition coefficient (Wildman–Crippen LogP) is 3.89. The van der Waals surface area contributed by atoms with E-state index in [-0.39, 0.29) is 5.56 Å². The number of nitrogens with zero attached hydrogens (tertiary/aromatic N) is 3. The number of hydrogen-bond acceptors (Lipinski definition) is 5. The van der Waals surface area contributed by atoms with Crippen LogP contribution in [0.25, 0.3) is 15.9 Å². The summed E-state index contributed by atoms with van der Waals surface area (Å²) in [6.07, 6.45) is 1.63. The molecule has 0 bridgehead atoms. The number of para-hydroxylation sites is 1. The average Bonchev–Trinajstić information content (AvgIpc) is 3.02. The third-order valence-electron chi connectivity index (χ3n) is 3.64. The van der Waals surface area contributed by atoms with Crippen molar-refractivity contribution in [1.29, 1.82) is 0 Å². The van der Waals surface area contributed by atoms with Gasteiger partial charge in [0.25, 0.3) is 5.56 Å². The zero-order valence-corrected chi connectivity index (χ0v) is 13.7. The molecule has 5 nitrogen and oxygen atoms in total. The van der Waals surface area contributed by atoms with Gasteiger partial charge in [-0.15, -0.1) is 0 Å². The summed E-state index contributed by atoms with van der Waals surface area (Å²) in [5, 5.41) is 8.15. The first-order valence-corrected chi connectivity index (χ1v) is 8.30. The van der Waals surface area contributed by atoms with Crippen molar-refractivity contribution in [3.05, 3.63) is 76.7 Å². The van der Waals surface area contributed by atoms with Gasteiger partial charge in [-0.2, -0.15) is 9.78 Å². The summed E-state index contributed by atoms with van der Waals surface area (Å²) < 4.78 is 1.99.